The molecule has 4 rings (SSSR count). The maximum Gasteiger partial charge on any atom is 0.225 e. The quantitative estimate of drug-likeness (QED) is 0.802. The van der Waals surface area contributed by atoms with Crippen LogP contribution in [0.5, 0.6) is 0 Å². The Morgan fingerprint density at radius 1 is 1.20 bits per heavy atom. The van der Waals surface area contributed by atoms with E-state index in [1.54, 1.807) is 6.20 Å². The van der Waals surface area contributed by atoms with Crippen LogP contribution in [0.15, 0.2) is 30.5 Å². The minimum Gasteiger partial charge on any atom is -0.389 e. The van der Waals surface area contributed by atoms with Gasteiger partial charge in [0.15, 0.2) is 0 Å². The molecule has 3 N–H and O–H groups in total. The first-order valence-electron chi connectivity index (χ1n) is 11.1. The number of nitrogens with zero attached hydrogens (tertiary/aromatic N) is 3. The molecule has 1 saturated carbocycles. The number of hydrogen-bond donors (Lipinski definition) is 2. The van der Waals surface area contributed by atoms with Gasteiger partial charge in [-0.05, 0) is 62.4 Å². The molecule has 0 unspecified atom stereocenters. The number of pyridine rings is 2. The fraction of sp³-hybridized carbons (Fsp3) is 0.542. The van der Waals surface area contributed by atoms with Gasteiger partial charge < -0.3 is 15.7 Å². The van der Waals surface area contributed by atoms with Crippen molar-refractivity contribution in [3.63, 3.8) is 0 Å². The number of anilines is 1. The van der Waals surface area contributed by atoms with Gasteiger partial charge in [-0.3, -0.25) is 9.78 Å². The third kappa shape index (κ3) is 4.81. The van der Waals surface area contributed by atoms with E-state index in [0.717, 1.165) is 74.0 Å². The first kappa shape index (κ1) is 20.8. The number of nitrogens with two attached hydrogens (primary N) is 1. The Balaban J connectivity index is 1.49. The van der Waals surface area contributed by atoms with Crippen LogP contribution in [-0.2, 0) is 4.79 Å². The van der Waals surface area contributed by atoms with Crippen LogP contribution in [0.25, 0.3) is 11.1 Å². The van der Waals surface area contributed by atoms with Gasteiger partial charge in [-0.2, -0.15) is 0 Å². The van der Waals surface area contributed by atoms with Gasteiger partial charge in [0.05, 0.1) is 12.0 Å². The molecule has 0 aromatic carbocycles. The van der Waals surface area contributed by atoms with Gasteiger partial charge in [-0.1, -0.05) is 19.3 Å². The van der Waals surface area contributed by atoms with Gasteiger partial charge in [0, 0.05) is 42.2 Å². The van der Waals surface area contributed by atoms with Crippen molar-refractivity contribution in [2.45, 2.75) is 69.8 Å². The first-order valence-corrected chi connectivity index (χ1v) is 11.1. The van der Waals surface area contributed by atoms with Crippen molar-refractivity contribution < 1.29 is 9.90 Å². The van der Waals surface area contributed by atoms with Crippen LogP contribution in [0.1, 0.15) is 68.7 Å². The van der Waals surface area contributed by atoms with Crippen LogP contribution < -0.4 is 5.73 Å². The molecule has 1 aliphatic heterocycles. The monoisotopic (exact) mass is 408 g/mol. The second-order valence-corrected chi connectivity index (χ2v) is 9.03. The highest BCUT2D eigenvalue weighted by Crippen LogP contribution is 2.33. The summed E-state index contributed by atoms with van der Waals surface area (Å²) in [4.78, 5) is 23.9. The van der Waals surface area contributed by atoms with Gasteiger partial charge in [0.1, 0.15) is 5.82 Å². The van der Waals surface area contributed by atoms with Crippen LogP contribution in [0.3, 0.4) is 0 Å². The molecule has 0 radical (unpaired) electrons. The van der Waals surface area contributed by atoms with E-state index in [1.165, 1.54) is 0 Å². The summed E-state index contributed by atoms with van der Waals surface area (Å²) in [6, 6.07) is 7.96. The SMILES string of the molecule is Cc1cc(-c2ccc(N)nc2)cc([C@H]2CCCN(C(=O)CC3(O)CCCCC3)C2)n1. The normalized spacial score (nSPS) is 21.4. The van der Waals surface area contributed by atoms with E-state index in [-0.39, 0.29) is 18.2 Å². The summed E-state index contributed by atoms with van der Waals surface area (Å²) in [5.41, 5.74) is 8.98. The molecule has 1 atom stereocenters. The van der Waals surface area contributed by atoms with Gasteiger partial charge in [0.2, 0.25) is 5.91 Å². The molecule has 160 valence electrons. The van der Waals surface area contributed by atoms with Crippen LogP contribution in [0.4, 0.5) is 5.82 Å². The van der Waals surface area contributed by atoms with Crippen molar-refractivity contribution in [2.24, 2.45) is 0 Å². The van der Waals surface area contributed by atoms with Crippen LogP contribution in [0, 0.1) is 6.92 Å². The van der Waals surface area contributed by atoms with Gasteiger partial charge in [0.25, 0.3) is 0 Å². The molecule has 2 fully saturated rings. The number of piperidine rings is 1. The molecule has 2 aromatic rings. The molecule has 2 aliphatic rings. The predicted octanol–water partition coefficient (Wildman–Crippen LogP) is 3.83. The molecule has 2 aromatic heterocycles. The molecule has 3 heterocycles. The number of aryl methyl sites for hydroxylation is 1. The van der Waals surface area contributed by atoms with E-state index >= 15 is 0 Å². The average molecular weight is 409 g/mol. The average Bonchev–Trinajstić information content (AvgIpc) is 2.74. The fourth-order valence-electron chi connectivity index (χ4n) is 4.87. The van der Waals surface area contributed by atoms with E-state index in [4.69, 9.17) is 10.7 Å². The van der Waals surface area contributed by atoms with Gasteiger partial charge in [-0.15, -0.1) is 0 Å². The van der Waals surface area contributed by atoms with Gasteiger partial charge >= 0.3 is 0 Å². The molecular weight excluding hydrogens is 376 g/mol. The minimum absolute atomic E-state index is 0.0831. The summed E-state index contributed by atoms with van der Waals surface area (Å²) < 4.78 is 0. The highest BCUT2D eigenvalue weighted by atomic mass is 16.3. The fourth-order valence-corrected chi connectivity index (χ4v) is 4.87. The Labute approximate surface area is 178 Å². The van der Waals surface area contributed by atoms with E-state index in [9.17, 15) is 9.90 Å². The molecule has 1 amide bonds. The number of likely N-dealkylation sites (tertiary alicyclic amines) is 1. The van der Waals surface area contributed by atoms with E-state index in [2.05, 4.69) is 17.1 Å². The summed E-state index contributed by atoms with van der Waals surface area (Å²) in [5.74, 6) is 0.801. The molecule has 6 nitrogen and oxygen atoms in total. The second kappa shape index (κ2) is 8.72. The molecule has 0 spiro atoms. The minimum atomic E-state index is -0.806. The molecule has 30 heavy (non-hydrogen) atoms. The lowest BCUT2D eigenvalue weighted by Crippen LogP contribution is -2.44. The Hall–Kier alpha value is -2.47. The van der Waals surface area contributed by atoms with Crippen molar-refractivity contribution in [1.29, 1.82) is 0 Å². The van der Waals surface area contributed by atoms with E-state index < -0.39 is 5.60 Å². The van der Waals surface area contributed by atoms with Crippen molar-refractivity contribution in [3.05, 3.63) is 41.9 Å². The van der Waals surface area contributed by atoms with Crippen LogP contribution in [-0.4, -0.2) is 44.6 Å². The van der Waals surface area contributed by atoms with Crippen LogP contribution >= 0.6 is 0 Å². The first-order chi connectivity index (χ1) is 14.4. The maximum atomic E-state index is 13.0. The molecular formula is C24H32N4O2. The molecule has 1 saturated heterocycles. The highest BCUT2D eigenvalue weighted by Gasteiger charge is 2.35. The number of aromatic nitrogens is 2. The third-order valence-corrected chi connectivity index (χ3v) is 6.55. The van der Waals surface area contributed by atoms with E-state index in [0.29, 0.717) is 12.4 Å². The van der Waals surface area contributed by atoms with E-state index in [1.807, 2.05) is 24.0 Å². The Morgan fingerprint density at radius 3 is 2.73 bits per heavy atom. The number of rotatable bonds is 4. The number of aliphatic hydroxyl groups is 1. The summed E-state index contributed by atoms with van der Waals surface area (Å²) in [5, 5.41) is 10.8. The zero-order valence-corrected chi connectivity index (χ0v) is 17.8. The maximum absolute atomic E-state index is 13.0. The lowest BCUT2D eigenvalue weighted by Gasteiger charge is -2.37. The van der Waals surface area contributed by atoms with Gasteiger partial charge in [-0.25, -0.2) is 4.98 Å². The number of carbonyl (C=O) groups excluding carboxylic acids is 1. The Bertz CT molecular complexity index is 891. The topological polar surface area (TPSA) is 92.3 Å². The van der Waals surface area contributed by atoms with Crippen LogP contribution in [0.2, 0.25) is 0 Å². The molecule has 0 bridgehead atoms. The third-order valence-electron chi connectivity index (χ3n) is 6.55. The van der Waals surface area contributed by atoms with Crippen molar-refractivity contribution in [3.8, 4) is 11.1 Å². The molecule has 6 heteroatoms. The Kier molecular flexibility index (Phi) is 6.04. The number of hydrogen-bond acceptors (Lipinski definition) is 5. The molecule has 1 aliphatic carbocycles. The summed E-state index contributed by atoms with van der Waals surface area (Å²) >= 11 is 0. The Morgan fingerprint density at radius 2 is 2.00 bits per heavy atom. The number of nitrogen functional groups attached to an aromatic ring is 1. The lowest BCUT2D eigenvalue weighted by atomic mass is 9.82. The second-order valence-electron chi connectivity index (χ2n) is 9.03. The zero-order chi connectivity index (χ0) is 21.1. The van der Waals surface area contributed by atoms with Crippen molar-refractivity contribution in [1.82, 2.24) is 14.9 Å². The smallest absolute Gasteiger partial charge is 0.225 e. The number of amides is 1. The summed E-state index contributed by atoms with van der Waals surface area (Å²) in [6.07, 6.45) is 8.70. The van der Waals surface area contributed by atoms with Crippen molar-refractivity contribution in [2.75, 3.05) is 18.8 Å². The largest absolute Gasteiger partial charge is 0.389 e. The summed E-state index contributed by atoms with van der Waals surface area (Å²) in [7, 11) is 0. The van der Waals surface area contributed by atoms with Crippen molar-refractivity contribution >= 4 is 11.7 Å². The zero-order valence-electron chi connectivity index (χ0n) is 17.8. The predicted molar refractivity (Wildman–Crippen MR) is 118 cm³/mol. The number of carbonyl (C=O) groups is 1. The lowest BCUT2D eigenvalue weighted by molar-refractivity contribution is -0.139. The standard InChI is InChI=1S/C24H32N4O2/c1-17-12-20(18-7-8-22(25)26-15-18)13-21(27-17)19-6-5-11-28(16-19)23(29)14-24(30)9-3-2-4-10-24/h7-8,12-13,15,19,30H,2-6,9-11,14,16H2,1H3,(H2,25,26)/t19-/m0/s1. The highest BCUT2D eigenvalue weighted by molar-refractivity contribution is 5.77. The summed E-state index contributed by atoms with van der Waals surface area (Å²) in [6.45, 7) is 3.44.